The summed E-state index contributed by atoms with van der Waals surface area (Å²) in [5.41, 5.74) is 3.75. The number of nitrogens with one attached hydrogen (secondary N) is 1. The van der Waals surface area contributed by atoms with E-state index in [1.165, 1.54) is 4.90 Å². The number of nitrogens with zero attached hydrogens (tertiary/aromatic N) is 4. The molecular weight excluding hydrogens is 406 g/mol. The quantitative estimate of drug-likeness (QED) is 0.502. The van der Waals surface area contributed by atoms with Gasteiger partial charge >= 0.3 is 0 Å². The number of rotatable bonds is 6. The molecule has 162 valence electrons. The van der Waals surface area contributed by atoms with Gasteiger partial charge in [-0.2, -0.15) is 5.10 Å². The second kappa shape index (κ2) is 8.89. The molecule has 0 saturated carbocycles. The molecule has 0 spiro atoms. The van der Waals surface area contributed by atoms with Crippen LogP contribution in [0.25, 0.3) is 16.9 Å². The van der Waals surface area contributed by atoms with E-state index in [4.69, 9.17) is 4.52 Å². The number of aryl methyl sites for hydroxylation is 2. The normalized spacial score (nSPS) is 10.7. The van der Waals surface area contributed by atoms with E-state index in [-0.39, 0.29) is 18.4 Å². The number of likely N-dealkylation sites (N-methyl/N-ethyl adjacent to an activating group) is 1. The lowest BCUT2D eigenvalue weighted by Crippen LogP contribution is -2.35. The Bertz CT molecular complexity index is 1240. The number of anilines is 1. The minimum Gasteiger partial charge on any atom is -0.360 e. The second-order valence-corrected chi connectivity index (χ2v) is 7.57. The third-order valence-corrected chi connectivity index (χ3v) is 4.91. The van der Waals surface area contributed by atoms with Gasteiger partial charge in [0.15, 0.2) is 5.82 Å². The van der Waals surface area contributed by atoms with E-state index in [9.17, 15) is 9.59 Å². The van der Waals surface area contributed by atoms with Crippen LogP contribution < -0.4 is 5.32 Å². The zero-order valence-electron chi connectivity index (χ0n) is 18.1. The predicted octanol–water partition coefficient (Wildman–Crippen LogP) is 3.85. The highest BCUT2D eigenvalue weighted by Gasteiger charge is 2.23. The zero-order valence-corrected chi connectivity index (χ0v) is 18.1. The third kappa shape index (κ3) is 4.59. The monoisotopic (exact) mass is 429 g/mol. The number of amides is 2. The van der Waals surface area contributed by atoms with Crippen LogP contribution in [0.3, 0.4) is 0 Å². The lowest BCUT2D eigenvalue weighted by Gasteiger charge is -2.16. The first-order valence-corrected chi connectivity index (χ1v) is 10.1. The molecule has 8 heteroatoms. The van der Waals surface area contributed by atoms with Gasteiger partial charge < -0.3 is 14.7 Å². The third-order valence-electron chi connectivity index (χ3n) is 4.91. The number of aromatic nitrogens is 3. The molecule has 2 aromatic heterocycles. The SMILES string of the molecule is Cc1ccc(-n2cc(C(=O)N(C)CC(=O)Nc3cc(C)on3)c(-c3ccccc3)n2)cc1. The molecule has 4 aromatic rings. The first kappa shape index (κ1) is 21.0. The Kier molecular flexibility index (Phi) is 5.85. The van der Waals surface area contributed by atoms with Crippen LogP contribution >= 0.6 is 0 Å². The topological polar surface area (TPSA) is 93.3 Å². The molecule has 2 heterocycles. The summed E-state index contributed by atoms with van der Waals surface area (Å²) in [6, 6.07) is 19.0. The maximum atomic E-state index is 13.3. The minimum atomic E-state index is -0.374. The Morgan fingerprint density at radius 3 is 2.44 bits per heavy atom. The molecule has 0 atom stereocenters. The van der Waals surface area contributed by atoms with Crippen molar-refractivity contribution in [3.05, 3.63) is 83.7 Å². The minimum absolute atomic E-state index is 0.144. The van der Waals surface area contributed by atoms with Crippen molar-refractivity contribution in [3.8, 4) is 16.9 Å². The van der Waals surface area contributed by atoms with E-state index in [0.717, 1.165) is 16.8 Å². The molecule has 0 bridgehead atoms. The van der Waals surface area contributed by atoms with Gasteiger partial charge in [-0.05, 0) is 26.0 Å². The van der Waals surface area contributed by atoms with Crippen molar-refractivity contribution in [2.45, 2.75) is 13.8 Å². The molecule has 0 aliphatic carbocycles. The highest BCUT2D eigenvalue weighted by Crippen LogP contribution is 2.25. The Labute approximate surface area is 185 Å². The lowest BCUT2D eigenvalue weighted by atomic mass is 10.1. The van der Waals surface area contributed by atoms with Gasteiger partial charge in [0.2, 0.25) is 5.91 Å². The summed E-state index contributed by atoms with van der Waals surface area (Å²) in [5.74, 6) is 0.210. The summed E-state index contributed by atoms with van der Waals surface area (Å²) < 4.78 is 6.63. The van der Waals surface area contributed by atoms with E-state index >= 15 is 0 Å². The van der Waals surface area contributed by atoms with Crippen molar-refractivity contribution in [1.29, 1.82) is 0 Å². The molecule has 0 saturated heterocycles. The van der Waals surface area contributed by atoms with E-state index in [1.54, 1.807) is 30.9 Å². The standard InChI is InChI=1S/C24H23N5O3/c1-16-9-11-19(12-10-16)29-14-20(23(26-29)18-7-5-4-6-8-18)24(31)28(3)15-22(30)25-21-13-17(2)32-27-21/h4-14H,15H2,1-3H3,(H,25,27,30). The molecule has 8 nitrogen and oxygen atoms in total. The molecule has 4 rings (SSSR count). The zero-order chi connectivity index (χ0) is 22.7. The molecule has 32 heavy (non-hydrogen) atoms. The van der Waals surface area contributed by atoms with Gasteiger partial charge in [0.1, 0.15) is 11.5 Å². The first-order valence-electron chi connectivity index (χ1n) is 10.1. The van der Waals surface area contributed by atoms with Crippen LogP contribution in [0.15, 0.2) is 71.4 Å². The van der Waals surface area contributed by atoms with Crippen molar-refractivity contribution in [2.75, 3.05) is 18.9 Å². The van der Waals surface area contributed by atoms with E-state index in [2.05, 4.69) is 15.6 Å². The van der Waals surface area contributed by atoms with Crippen molar-refractivity contribution in [1.82, 2.24) is 19.8 Å². The maximum absolute atomic E-state index is 13.3. The lowest BCUT2D eigenvalue weighted by molar-refractivity contribution is -0.116. The van der Waals surface area contributed by atoms with Crippen LogP contribution in [0.1, 0.15) is 21.7 Å². The summed E-state index contributed by atoms with van der Waals surface area (Å²) in [6.45, 7) is 3.60. The molecule has 0 unspecified atom stereocenters. The van der Waals surface area contributed by atoms with Gasteiger partial charge in [0, 0.05) is 24.9 Å². The smallest absolute Gasteiger partial charge is 0.257 e. The van der Waals surface area contributed by atoms with Crippen molar-refractivity contribution in [3.63, 3.8) is 0 Å². The number of hydrogen-bond donors (Lipinski definition) is 1. The van der Waals surface area contributed by atoms with Crippen LogP contribution in [0.4, 0.5) is 5.82 Å². The Balaban J connectivity index is 1.61. The average molecular weight is 429 g/mol. The second-order valence-electron chi connectivity index (χ2n) is 7.57. The van der Waals surface area contributed by atoms with Crippen molar-refractivity contribution in [2.24, 2.45) is 0 Å². The first-order chi connectivity index (χ1) is 15.4. The van der Waals surface area contributed by atoms with Gasteiger partial charge in [0.25, 0.3) is 5.91 Å². The Morgan fingerprint density at radius 1 is 1.06 bits per heavy atom. The Hall–Kier alpha value is -4.20. The van der Waals surface area contributed by atoms with Gasteiger partial charge in [-0.3, -0.25) is 9.59 Å². The van der Waals surface area contributed by atoms with Crippen LogP contribution in [-0.4, -0.2) is 45.2 Å². The van der Waals surface area contributed by atoms with Crippen molar-refractivity contribution >= 4 is 17.6 Å². The summed E-state index contributed by atoms with van der Waals surface area (Å²) in [5, 5.41) is 11.0. The number of carbonyl (C=O) groups excluding carboxylic acids is 2. The molecular formula is C24H23N5O3. The maximum Gasteiger partial charge on any atom is 0.257 e. The van der Waals surface area contributed by atoms with Gasteiger partial charge in [-0.25, -0.2) is 4.68 Å². The largest absolute Gasteiger partial charge is 0.360 e. The van der Waals surface area contributed by atoms with Crippen LogP contribution in [-0.2, 0) is 4.79 Å². The van der Waals surface area contributed by atoms with Crippen molar-refractivity contribution < 1.29 is 14.1 Å². The summed E-state index contributed by atoms with van der Waals surface area (Å²) in [7, 11) is 1.58. The fourth-order valence-corrected chi connectivity index (χ4v) is 3.27. The molecule has 0 aliphatic rings. The molecule has 2 amide bonds. The van der Waals surface area contributed by atoms with Gasteiger partial charge in [-0.1, -0.05) is 53.2 Å². The average Bonchev–Trinajstić information content (AvgIpc) is 3.40. The highest BCUT2D eigenvalue weighted by atomic mass is 16.5. The van der Waals surface area contributed by atoms with Crippen LogP contribution in [0.5, 0.6) is 0 Å². The molecule has 1 N–H and O–H groups in total. The van der Waals surface area contributed by atoms with Crippen LogP contribution in [0, 0.1) is 13.8 Å². The summed E-state index contributed by atoms with van der Waals surface area (Å²) in [4.78, 5) is 27.0. The molecule has 0 aliphatic heterocycles. The fraction of sp³-hybridized carbons (Fsp3) is 0.167. The number of carbonyl (C=O) groups is 2. The van der Waals surface area contributed by atoms with E-state index < -0.39 is 0 Å². The van der Waals surface area contributed by atoms with Gasteiger partial charge in [0.05, 0.1) is 17.8 Å². The fourth-order valence-electron chi connectivity index (χ4n) is 3.27. The number of benzene rings is 2. The molecule has 0 fully saturated rings. The Morgan fingerprint density at radius 2 is 1.78 bits per heavy atom. The molecule has 0 radical (unpaired) electrons. The summed E-state index contributed by atoms with van der Waals surface area (Å²) in [6.07, 6.45) is 1.70. The van der Waals surface area contributed by atoms with E-state index in [0.29, 0.717) is 22.8 Å². The summed E-state index contributed by atoms with van der Waals surface area (Å²) >= 11 is 0. The predicted molar refractivity (Wildman–Crippen MR) is 121 cm³/mol. The van der Waals surface area contributed by atoms with Gasteiger partial charge in [-0.15, -0.1) is 0 Å². The highest BCUT2D eigenvalue weighted by molar-refractivity contribution is 6.02. The number of hydrogen-bond acceptors (Lipinski definition) is 5. The molecule has 2 aromatic carbocycles. The van der Waals surface area contributed by atoms with Crippen LogP contribution in [0.2, 0.25) is 0 Å². The van der Waals surface area contributed by atoms with E-state index in [1.807, 2.05) is 61.5 Å².